The molecular weight excluding hydrogens is 370 g/mol. The van der Waals surface area contributed by atoms with Crippen LogP contribution in [0.4, 0.5) is 5.69 Å². The Balaban J connectivity index is 1.54. The molecule has 5 nitrogen and oxygen atoms in total. The maximum Gasteiger partial charge on any atom is 0.242 e. The molecule has 0 aliphatic carbocycles. The molecule has 0 aliphatic heterocycles. The lowest BCUT2D eigenvalue weighted by Gasteiger charge is -2.11. The first-order valence-corrected chi connectivity index (χ1v) is 8.94. The fourth-order valence-electron chi connectivity index (χ4n) is 2.52. The topological polar surface area (TPSA) is 66.3 Å². The normalized spacial score (nSPS) is 10.5. The summed E-state index contributed by atoms with van der Waals surface area (Å²) in [7, 11) is 0. The van der Waals surface area contributed by atoms with Crippen molar-refractivity contribution in [3.63, 3.8) is 0 Å². The largest absolute Gasteiger partial charge is 0.464 e. The summed E-state index contributed by atoms with van der Waals surface area (Å²) in [5, 5.41) is 4.82. The molecule has 0 aliphatic rings. The van der Waals surface area contributed by atoms with Crippen LogP contribution in [-0.2, 0) is 17.6 Å². The second-order valence-corrected chi connectivity index (χ2v) is 6.60. The standard InChI is InChI=1S/C19H18ClN3O2S/c1-2-12-3-8-16-13(11-25-17(16)9-12)10-18(24)22-23-19(26)21-15-6-4-14(20)5-7-15/h3-9,11H,2,10H2,1H3,(H,22,24)(H2,21,23,26). The van der Waals surface area contributed by atoms with Crippen LogP contribution in [-0.4, -0.2) is 11.0 Å². The van der Waals surface area contributed by atoms with E-state index >= 15 is 0 Å². The van der Waals surface area contributed by atoms with Gasteiger partial charge in [0.05, 0.1) is 12.7 Å². The molecule has 134 valence electrons. The van der Waals surface area contributed by atoms with Crippen LogP contribution in [0.25, 0.3) is 11.0 Å². The number of anilines is 1. The molecule has 1 aromatic heterocycles. The Morgan fingerprint density at radius 3 is 2.65 bits per heavy atom. The van der Waals surface area contributed by atoms with Gasteiger partial charge in [-0.2, -0.15) is 0 Å². The van der Waals surface area contributed by atoms with Crippen molar-refractivity contribution >= 4 is 51.5 Å². The number of thiocarbonyl (C=S) groups is 1. The Morgan fingerprint density at radius 1 is 1.15 bits per heavy atom. The van der Waals surface area contributed by atoms with Crippen LogP contribution < -0.4 is 16.2 Å². The molecule has 0 radical (unpaired) electrons. The number of halogens is 1. The summed E-state index contributed by atoms with van der Waals surface area (Å²) in [5.41, 5.74) is 8.85. The van der Waals surface area contributed by atoms with Crippen molar-refractivity contribution in [2.45, 2.75) is 19.8 Å². The maximum atomic E-state index is 12.2. The van der Waals surface area contributed by atoms with Crippen molar-refractivity contribution in [3.8, 4) is 0 Å². The van der Waals surface area contributed by atoms with Crippen molar-refractivity contribution in [1.29, 1.82) is 0 Å². The molecule has 0 spiro atoms. The zero-order chi connectivity index (χ0) is 18.5. The van der Waals surface area contributed by atoms with Crippen molar-refractivity contribution in [2.75, 3.05) is 5.32 Å². The monoisotopic (exact) mass is 387 g/mol. The maximum absolute atomic E-state index is 12.2. The van der Waals surface area contributed by atoms with Gasteiger partial charge in [-0.15, -0.1) is 0 Å². The van der Waals surface area contributed by atoms with E-state index < -0.39 is 0 Å². The number of nitrogens with one attached hydrogen (secondary N) is 3. The van der Waals surface area contributed by atoms with Gasteiger partial charge >= 0.3 is 0 Å². The molecule has 3 aromatic rings. The molecule has 1 amide bonds. The highest BCUT2D eigenvalue weighted by molar-refractivity contribution is 7.80. The lowest BCUT2D eigenvalue weighted by atomic mass is 10.1. The number of hydrazine groups is 1. The molecule has 3 rings (SSSR count). The molecule has 0 fully saturated rings. The summed E-state index contributed by atoms with van der Waals surface area (Å²) in [6.07, 6.45) is 2.75. The second-order valence-electron chi connectivity index (χ2n) is 5.76. The number of aryl methyl sites for hydroxylation is 1. The van der Waals surface area contributed by atoms with E-state index in [0.29, 0.717) is 5.02 Å². The highest BCUT2D eigenvalue weighted by atomic mass is 35.5. The van der Waals surface area contributed by atoms with Crippen molar-refractivity contribution < 1.29 is 9.21 Å². The Hall–Kier alpha value is -2.57. The predicted octanol–water partition coefficient (Wildman–Crippen LogP) is 4.21. The number of hydrogen-bond acceptors (Lipinski definition) is 3. The van der Waals surface area contributed by atoms with Crippen LogP contribution in [0.3, 0.4) is 0 Å². The van der Waals surface area contributed by atoms with Gasteiger partial charge in [0.2, 0.25) is 5.91 Å². The van der Waals surface area contributed by atoms with Gasteiger partial charge in [-0.05, 0) is 54.5 Å². The Bertz CT molecular complexity index is 938. The van der Waals surface area contributed by atoms with Crippen LogP contribution in [0.2, 0.25) is 5.02 Å². The van der Waals surface area contributed by atoms with Crippen LogP contribution >= 0.6 is 23.8 Å². The van der Waals surface area contributed by atoms with E-state index in [0.717, 1.165) is 28.6 Å². The van der Waals surface area contributed by atoms with Crippen LogP contribution in [0.15, 0.2) is 53.1 Å². The van der Waals surface area contributed by atoms with Crippen molar-refractivity contribution in [1.82, 2.24) is 10.9 Å². The molecule has 0 bridgehead atoms. The van der Waals surface area contributed by atoms with Gasteiger partial charge < -0.3 is 9.73 Å². The molecule has 3 N–H and O–H groups in total. The van der Waals surface area contributed by atoms with E-state index in [1.165, 1.54) is 5.56 Å². The first-order chi connectivity index (χ1) is 12.5. The molecule has 7 heteroatoms. The Morgan fingerprint density at radius 2 is 1.92 bits per heavy atom. The Labute approximate surface area is 161 Å². The van der Waals surface area contributed by atoms with Gasteiger partial charge in [0.15, 0.2) is 5.11 Å². The number of hydrogen-bond donors (Lipinski definition) is 3. The summed E-state index contributed by atoms with van der Waals surface area (Å²) in [6.45, 7) is 2.09. The van der Waals surface area contributed by atoms with Crippen LogP contribution in [0, 0.1) is 0 Å². The fourth-order valence-corrected chi connectivity index (χ4v) is 2.82. The minimum absolute atomic E-state index is 0.190. The van der Waals surface area contributed by atoms with Crippen LogP contribution in [0.1, 0.15) is 18.1 Å². The van der Waals surface area contributed by atoms with Gasteiger partial charge in [0.25, 0.3) is 0 Å². The van der Waals surface area contributed by atoms with Gasteiger partial charge in [-0.25, -0.2) is 0 Å². The zero-order valence-electron chi connectivity index (χ0n) is 14.1. The van der Waals surface area contributed by atoms with Crippen molar-refractivity contribution in [3.05, 3.63) is 64.9 Å². The zero-order valence-corrected chi connectivity index (χ0v) is 15.7. The third-order valence-corrected chi connectivity index (χ3v) is 4.35. The van der Waals surface area contributed by atoms with Gasteiger partial charge in [0.1, 0.15) is 5.58 Å². The molecule has 0 atom stereocenters. The fraction of sp³-hybridized carbons (Fsp3) is 0.158. The minimum atomic E-state index is -0.215. The SMILES string of the molecule is CCc1ccc2c(CC(=O)NNC(=S)Nc3ccc(Cl)cc3)coc2c1. The predicted molar refractivity (Wildman–Crippen MR) is 108 cm³/mol. The number of amides is 1. The summed E-state index contributed by atoms with van der Waals surface area (Å²) in [5.74, 6) is -0.215. The van der Waals surface area contributed by atoms with E-state index in [1.807, 2.05) is 18.2 Å². The molecule has 0 unspecified atom stereocenters. The highest BCUT2D eigenvalue weighted by Crippen LogP contribution is 2.23. The van der Waals surface area contributed by atoms with E-state index in [2.05, 4.69) is 23.1 Å². The smallest absolute Gasteiger partial charge is 0.242 e. The van der Waals surface area contributed by atoms with Gasteiger partial charge in [0, 0.05) is 21.7 Å². The summed E-state index contributed by atoms with van der Waals surface area (Å²) in [6, 6.07) is 13.1. The van der Waals surface area contributed by atoms with E-state index in [1.54, 1.807) is 30.5 Å². The third-order valence-electron chi connectivity index (χ3n) is 3.90. The number of carbonyl (C=O) groups is 1. The number of rotatable bonds is 4. The number of benzene rings is 2. The van der Waals surface area contributed by atoms with Crippen LogP contribution in [0.5, 0.6) is 0 Å². The average Bonchev–Trinajstić information content (AvgIpc) is 3.04. The summed E-state index contributed by atoms with van der Waals surface area (Å²) in [4.78, 5) is 12.2. The molecule has 26 heavy (non-hydrogen) atoms. The molecule has 2 aromatic carbocycles. The quantitative estimate of drug-likeness (QED) is 0.462. The first kappa shape index (κ1) is 18.2. The summed E-state index contributed by atoms with van der Waals surface area (Å²) < 4.78 is 5.56. The van der Waals surface area contributed by atoms with E-state index in [9.17, 15) is 4.79 Å². The van der Waals surface area contributed by atoms with E-state index in [4.69, 9.17) is 28.2 Å². The van der Waals surface area contributed by atoms with Gasteiger partial charge in [-0.1, -0.05) is 30.7 Å². The molecular formula is C19H18ClN3O2S. The third kappa shape index (κ3) is 4.53. The number of fused-ring (bicyclic) bond motifs is 1. The molecule has 1 heterocycles. The second kappa shape index (κ2) is 8.21. The number of carbonyl (C=O) groups excluding carboxylic acids is 1. The van der Waals surface area contributed by atoms with Gasteiger partial charge in [-0.3, -0.25) is 15.6 Å². The Kier molecular flexibility index (Phi) is 5.75. The van der Waals surface area contributed by atoms with Crippen molar-refractivity contribution in [2.24, 2.45) is 0 Å². The lowest BCUT2D eigenvalue weighted by Crippen LogP contribution is -2.44. The summed E-state index contributed by atoms with van der Waals surface area (Å²) >= 11 is 11.0. The number of furan rings is 1. The molecule has 0 saturated heterocycles. The lowest BCUT2D eigenvalue weighted by molar-refractivity contribution is -0.120. The first-order valence-electron chi connectivity index (χ1n) is 8.15. The molecule has 0 saturated carbocycles. The minimum Gasteiger partial charge on any atom is -0.464 e. The van der Waals surface area contributed by atoms with E-state index in [-0.39, 0.29) is 17.4 Å². The highest BCUT2D eigenvalue weighted by Gasteiger charge is 2.11. The average molecular weight is 388 g/mol.